The standard InChI is InChI=1S/C16H23FN2O/c1-13(16(20)19-10-4-2-3-5-11-19)18-12-14-6-8-15(17)9-7-14/h6-9,13,18H,2-5,10-12H2,1H3. The molecule has 1 fully saturated rings. The SMILES string of the molecule is CC(NCc1ccc(F)cc1)C(=O)N1CCCCCC1. The zero-order chi connectivity index (χ0) is 14.4. The van der Waals surface area contributed by atoms with E-state index in [-0.39, 0.29) is 17.8 Å². The van der Waals surface area contributed by atoms with E-state index in [1.807, 2.05) is 11.8 Å². The first-order valence-electron chi connectivity index (χ1n) is 7.43. The second-order valence-corrected chi connectivity index (χ2v) is 5.47. The average Bonchev–Trinajstić information content (AvgIpc) is 2.74. The number of carbonyl (C=O) groups excluding carboxylic acids is 1. The van der Waals surface area contributed by atoms with Gasteiger partial charge in [0, 0.05) is 19.6 Å². The fourth-order valence-corrected chi connectivity index (χ4v) is 2.53. The highest BCUT2D eigenvalue weighted by atomic mass is 19.1. The summed E-state index contributed by atoms with van der Waals surface area (Å²) in [6, 6.07) is 6.17. The second-order valence-electron chi connectivity index (χ2n) is 5.47. The van der Waals surface area contributed by atoms with Crippen LogP contribution >= 0.6 is 0 Å². The van der Waals surface area contributed by atoms with Gasteiger partial charge >= 0.3 is 0 Å². The first-order valence-corrected chi connectivity index (χ1v) is 7.43. The number of hydrogen-bond acceptors (Lipinski definition) is 2. The molecule has 20 heavy (non-hydrogen) atoms. The first-order chi connectivity index (χ1) is 9.66. The van der Waals surface area contributed by atoms with E-state index in [0.717, 1.165) is 31.5 Å². The van der Waals surface area contributed by atoms with Gasteiger partial charge in [0.25, 0.3) is 0 Å². The Hall–Kier alpha value is -1.42. The Balaban J connectivity index is 1.82. The zero-order valence-electron chi connectivity index (χ0n) is 12.1. The molecule has 0 saturated carbocycles. The Morgan fingerprint density at radius 3 is 2.40 bits per heavy atom. The third-order valence-corrected chi connectivity index (χ3v) is 3.81. The minimum atomic E-state index is -0.234. The van der Waals surface area contributed by atoms with Crippen molar-refractivity contribution in [2.24, 2.45) is 0 Å². The first kappa shape index (κ1) is 15.0. The summed E-state index contributed by atoms with van der Waals surface area (Å²) in [6.45, 7) is 4.24. The Labute approximate surface area is 120 Å². The van der Waals surface area contributed by atoms with E-state index in [1.165, 1.54) is 25.0 Å². The van der Waals surface area contributed by atoms with Crippen LogP contribution < -0.4 is 5.32 Å². The summed E-state index contributed by atoms with van der Waals surface area (Å²) in [5, 5.41) is 3.22. The lowest BCUT2D eigenvalue weighted by molar-refractivity contribution is -0.133. The van der Waals surface area contributed by atoms with E-state index in [2.05, 4.69) is 5.32 Å². The van der Waals surface area contributed by atoms with Gasteiger partial charge in [-0.15, -0.1) is 0 Å². The van der Waals surface area contributed by atoms with Crippen LogP contribution in [-0.2, 0) is 11.3 Å². The molecule has 3 nitrogen and oxygen atoms in total. The Morgan fingerprint density at radius 2 is 1.80 bits per heavy atom. The van der Waals surface area contributed by atoms with Crippen LogP contribution in [0.25, 0.3) is 0 Å². The maximum atomic E-state index is 12.8. The van der Waals surface area contributed by atoms with Crippen LogP contribution in [0.3, 0.4) is 0 Å². The van der Waals surface area contributed by atoms with Gasteiger partial charge in [-0.05, 0) is 37.5 Å². The Bertz CT molecular complexity index is 425. The monoisotopic (exact) mass is 278 g/mol. The van der Waals surface area contributed by atoms with Gasteiger partial charge in [-0.3, -0.25) is 4.79 Å². The molecule has 1 heterocycles. The Morgan fingerprint density at radius 1 is 1.20 bits per heavy atom. The maximum Gasteiger partial charge on any atom is 0.239 e. The van der Waals surface area contributed by atoms with Crippen LogP contribution in [0.5, 0.6) is 0 Å². The number of halogens is 1. The molecule has 1 N–H and O–H groups in total. The number of carbonyl (C=O) groups is 1. The lowest BCUT2D eigenvalue weighted by Crippen LogP contribution is -2.45. The average molecular weight is 278 g/mol. The summed E-state index contributed by atoms with van der Waals surface area (Å²) in [6.07, 6.45) is 4.66. The van der Waals surface area contributed by atoms with Crippen LogP contribution in [0.1, 0.15) is 38.2 Å². The van der Waals surface area contributed by atoms with E-state index < -0.39 is 0 Å². The van der Waals surface area contributed by atoms with Gasteiger partial charge < -0.3 is 10.2 Å². The van der Waals surface area contributed by atoms with Crippen molar-refractivity contribution in [2.75, 3.05) is 13.1 Å². The lowest BCUT2D eigenvalue weighted by atomic mass is 10.2. The molecule has 1 aliphatic heterocycles. The molecule has 1 saturated heterocycles. The number of likely N-dealkylation sites (tertiary alicyclic amines) is 1. The normalized spacial score (nSPS) is 17.6. The van der Waals surface area contributed by atoms with E-state index in [1.54, 1.807) is 12.1 Å². The molecular formula is C16H23FN2O. The molecule has 1 atom stereocenters. The summed E-state index contributed by atoms with van der Waals surface area (Å²) in [4.78, 5) is 14.3. The van der Waals surface area contributed by atoms with Crippen LogP contribution in [-0.4, -0.2) is 29.9 Å². The lowest BCUT2D eigenvalue weighted by Gasteiger charge is -2.24. The van der Waals surface area contributed by atoms with Gasteiger partial charge in [0.15, 0.2) is 0 Å². The Kier molecular flexibility index (Phi) is 5.53. The molecule has 0 aromatic heterocycles. The molecule has 1 unspecified atom stereocenters. The summed E-state index contributed by atoms with van der Waals surface area (Å²) in [7, 11) is 0. The molecule has 1 aliphatic rings. The highest BCUT2D eigenvalue weighted by molar-refractivity contribution is 5.81. The van der Waals surface area contributed by atoms with E-state index in [4.69, 9.17) is 0 Å². The molecule has 2 rings (SSSR count). The summed E-state index contributed by atoms with van der Waals surface area (Å²) < 4.78 is 12.8. The number of benzene rings is 1. The summed E-state index contributed by atoms with van der Waals surface area (Å²) in [5.41, 5.74) is 0.988. The summed E-state index contributed by atoms with van der Waals surface area (Å²) in [5.74, 6) is -0.0588. The smallest absolute Gasteiger partial charge is 0.239 e. The summed E-state index contributed by atoms with van der Waals surface area (Å²) >= 11 is 0. The minimum Gasteiger partial charge on any atom is -0.341 e. The number of nitrogens with one attached hydrogen (secondary N) is 1. The van der Waals surface area contributed by atoms with Gasteiger partial charge in [0.05, 0.1) is 6.04 Å². The molecule has 1 aromatic rings. The van der Waals surface area contributed by atoms with Crippen molar-refractivity contribution < 1.29 is 9.18 Å². The molecule has 1 aromatic carbocycles. The van der Waals surface area contributed by atoms with Crippen molar-refractivity contribution in [1.29, 1.82) is 0 Å². The van der Waals surface area contributed by atoms with E-state index in [9.17, 15) is 9.18 Å². The number of hydrogen-bond donors (Lipinski definition) is 1. The molecule has 110 valence electrons. The van der Waals surface area contributed by atoms with Crippen LogP contribution in [0.15, 0.2) is 24.3 Å². The minimum absolute atomic E-state index is 0.175. The molecule has 0 spiro atoms. The van der Waals surface area contributed by atoms with Crippen molar-refractivity contribution in [3.8, 4) is 0 Å². The highest BCUT2D eigenvalue weighted by Crippen LogP contribution is 2.11. The van der Waals surface area contributed by atoms with Crippen molar-refractivity contribution in [1.82, 2.24) is 10.2 Å². The fourth-order valence-electron chi connectivity index (χ4n) is 2.53. The number of nitrogens with zero attached hydrogens (tertiary/aromatic N) is 1. The fraction of sp³-hybridized carbons (Fsp3) is 0.562. The van der Waals surface area contributed by atoms with Crippen LogP contribution in [0, 0.1) is 5.82 Å². The van der Waals surface area contributed by atoms with Crippen LogP contribution in [0.4, 0.5) is 4.39 Å². The second kappa shape index (κ2) is 7.39. The van der Waals surface area contributed by atoms with E-state index >= 15 is 0 Å². The van der Waals surface area contributed by atoms with Crippen LogP contribution in [0.2, 0.25) is 0 Å². The van der Waals surface area contributed by atoms with Gasteiger partial charge in [-0.2, -0.15) is 0 Å². The zero-order valence-corrected chi connectivity index (χ0v) is 12.1. The van der Waals surface area contributed by atoms with Gasteiger partial charge in [0.1, 0.15) is 5.82 Å². The number of amides is 1. The van der Waals surface area contributed by atoms with Gasteiger partial charge in [-0.25, -0.2) is 4.39 Å². The maximum absolute atomic E-state index is 12.8. The highest BCUT2D eigenvalue weighted by Gasteiger charge is 2.20. The van der Waals surface area contributed by atoms with Crippen molar-refractivity contribution in [3.63, 3.8) is 0 Å². The third kappa shape index (κ3) is 4.30. The van der Waals surface area contributed by atoms with E-state index in [0.29, 0.717) is 6.54 Å². The number of rotatable bonds is 4. The molecule has 0 bridgehead atoms. The molecule has 1 amide bonds. The molecule has 0 radical (unpaired) electrons. The predicted octanol–water partition coefficient (Wildman–Crippen LogP) is 2.71. The van der Waals surface area contributed by atoms with Gasteiger partial charge in [-0.1, -0.05) is 25.0 Å². The molecule has 4 heteroatoms. The van der Waals surface area contributed by atoms with Crippen molar-refractivity contribution >= 4 is 5.91 Å². The molecule has 0 aliphatic carbocycles. The quantitative estimate of drug-likeness (QED) is 0.918. The van der Waals surface area contributed by atoms with Crippen molar-refractivity contribution in [3.05, 3.63) is 35.6 Å². The predicted molar refractivity (Wildman–Crippen MR) is 77.7 cm³/mol. The third-order valence-electron chi connectivity index (χ3n) is 3.81. The van der Waals surface area contributed by atoms with Crippen molar-refractivity contribution in [2.45, 2.75) is 45.2 Å². The largest absolute Gasteiger partial charge is 0.341 e. The topological polar surface area (TPSA) is 32.3 Å². The van der Waals surface area contributed by atoms with Gasteiger partial charge in [0.2, 0.25) is 5.91 Å². The molecular weight excluding hydrogens is 255 g/mol.